The van der Waals surface area contributed by atoms with Crippen LogP contribution in [0.4, 0.5) is 0 Å². The fourth-order valence-corrected chi connectivity index (χ4v) is 9.69. The van der Waals surface area contributed by atoms with Crippen LogP contribution in [0.1, 0.15) is 59.9 Å². The number of benzene rings is 1. The molecule has 3 heterocycles. The summed E-state index contributed by atoms with van der Waals surface area (Å²) in [5.74, 6) is -1.68. The first-order valence-electron chi connectivity index (χ1n) is 14.8. The van der Waals surface area contributed by atoms with E-state index in [1.165, 1.54) is 0 Å². The van der Waals surface area contributed by atoms with E-state index in [9.17, 15) is 19.5 Å². The van der Waals surface area contributed by atoms with Gasteiger partial charge in [-0.3, -0.25) is 14.4 Å². The Morgan fingerprint density at radius 2 is 1.76 bits per heavy atom. The highest BCUT2D eigenvalue weighted by atomic mass is 32.2. The number of likely N-dealkylation sites (tertiary alicyclic amines) is 1. The number of carbonyl (C=O) groups excluding carboxylic acids is 3. The maximum absolute atomic E-state index is 14.6. The summed E-state index contributed by atoms with van der Waals surface area (Å²) in [6.07, 6.45) is 4.86. The summed E-state index contributed by atoms with van der Waals surface area (Å²) in [5, 5.41) is 10.5. The monoisotopic (exact) mass is 581 g/mol. The lowest BCUT2D eigenvalue weighted by Crippen LogP contribution is -2.61. The van der Waals surface area contributed by atoms with Crippen LogP contribution < -0.4 is 0 Å². The molecule has 41 heavy (non-hydrogen) atoms. The van der Waals surface area contributed by atoms with Crippen molar-refractivity contribution in [1.29, 1.82) is 0 Å². The van der Waals surface area contributed by atoms with Gasteiger partial charge in [-0.1, -0.05) is 56.3 Å². The number of fused-ring (bicyclic) bond motifs is 1. The number of carbonyl (C=O) groups is 3. The van der Waals surface area contributed by atoms with Gasteiger partial charge in [0.2, 0.25) is 17.7 Å². The largest absolute Gasteiger partial charge is 0.394 e. The molecule has 1 aromatic rings. The molecular formula is C33H47N3O4S. The number of rotatable bonds is 11. The molecule has 2 unspecified atom stereocenters. The Balaban J connectivity index is 1.82. The van der Waals surface area contributed by atoms with E-state index in [-0.39, 0.29) is 30.2 Å². The van der Waals surface area contributed by atoms with Crippen molar-refractivity contribution in [1.82, 2.24) is 14.7 Å². The molecule has 0 saturated carbocycles. The molecule has 1 aromatic carbocycles. The summed E-state index contributed by atoms with van der Waals surface area (Å²) in [6, 6.07) is 8.54. The molecule has 0 radical (unpaired) electrons. The second-order valence-electron chi connectivity index (χ2n) is 13.4. The molecule has 3 saturated heterocycles. The molecule has 3 fully saturated rings. The zero-order chi connectivity index (χ0) is 30.3. The first-order valence-corrected chi connectivity index (χ1v) is 15.6. The summed E-state index contributed by atoms with van der Waals surface area (Å²) in [4.78, 5) is 49.1. The predicted octanol–water partition coefficient (Wildman–Crippen LogP) is 4.51. The average Bonchev–Trinajstić information content (AvgIpc) is 3.47. The quantitative estimate of drug-likeness (QED) is 0.389. The first kappa shape index (κ1) is 31.4. The van der Waals surface area contributed by atoms with Gasteiger partial charge in [0, 0.05) is 29.9 Å². The summed E-state index contributed by atoms with van der Waals surface area (Å²) in [6.45, 7) is 20.7. The Morgan fingerprint density at radius 1 is 1.12 bits per heavy atom. The SMILES string of the molecule is C=CCN(Cc1ccccc1)C(=O)[C@@H]1[C@H]2C(=O)N([C@@H](CO)C(C)C)C(C(=O)N(CC=C)C(C)(C)C)C23CC[C@@]1(C)S3. The highest BCUT2D eigenvalue weighted by molar-refractivity contribution is 8.02. The normalized spacial score (nSPS) is 29.4. The van der Waals surface area contributed by atoms with Crippen LogP contribution in [0.2, 0.25) is 0 Å². The summed E-state index contributed by atoms with van der Waals surface area (Å²) < 4.78 is -1.22. The highest BCUT2D eigenvalue weighted by Gasteiger charge is 2.78. The van der Waals surface area contributed by atoms with Crippen molar-refractivity contribution in [3.05, 3.63) is 61.2 Å². The molecule has 0 aromatic heterocycles. The van der Waals surface area contributed by atoms with Gasteiger partial charge in [-0.25, -0.2) is 0 Å². The minimum atomic E-state index is -0.773. The molecule has 6 atom stereocenters. The Kier molecular flexibility index (Phi) is 8.87. The van der Waals surface area contributed by atoms with E-state index in [0.717, 1.165) is 12.0 Å². The van der Waals surface area contributed by atoms with Crippen LogP contribution in [0.5, 0.6) is 0 Å². The molecule has 7 nitrogen and oxygen atoms in total. The zero-order valence-electron chi connectivity index (χ0n) is 25.5. The molecule has 1 N–H and O–H groups in total. The Bertz CT molecular complexity index is 1180. The minimum Gasteiger partial charge on any atom is -0.394 e. The Hall–Kier alpha value is -2.58. The zero-order valence-corrected chi connectivity index (χ0v) is 26.3. The van der Waals surface area contributed by atoms with E-state index < -0.39 is 39.0 Å². The van der Waals surface area contributed by atoms with Crippen molar-refractivity contribution in [3.63, 3.8) is 0 Å². The number of nitrogens with zero attached hydrogens (tertiary/aromatic N) is 3. The number of thioether (sulfide) groups is 1. The van der Waals surface area contributed by atoms with Gasteiger partial charge < -0.3 is 19.8 Å². The first-order chi connectivity index (χ1) is 19.3. The van der Waals surface area contributed by atoms with Crippen LogP contribution in [-0.2, 0) is 20.9 Å². The van der Waals surface area contributed by atoms with Gasteiger partial charge in [0.15, 0.2) is 0 Å². The topological polar surface area (TPSA) is 81.2 Å². The summed E-state index contributed by atoms with van der Waals surface area (Å²) in [5.41, 5.74) is 0.508. The fourth-order valence-electron chi connectivity index (χ4n) is 7.36. The third kappa shape index (κ3) is 5.27. The van der Waals surface area contributed by atoms with Crippen LogP contribution in [0.3, 0.4) is 0 Å². The smallest absolute Gasteiger partial charge is 0.247 e. The molecule has 3 aliphatic heterocycles. The molecule has 3 aliphatic rings. The average molecular weight is 582 g/mol. The number of amides is 3. The maximum Gasteiger partial charge on any atom is 0.247 e. The van der Waals surface area contributed by atoms with Crippen molar-refractivity contribution in [2.24, 2.45) is 17.8 Å². The fraction of sp³-hybridized carbons (Fsp3) is 0.606. The van der Waals surface area contributed by atoms with Gasteiger partial charge in [0.25, 0.3) is 0 Å². The van der Waals surface area contributed by atoms with E-state index in [1.807, 2.05) is 65.0 Å². The van der Waals surface area contributed by atoms with Crippen LogP contribution in [-0.4, -0.2) is 84.3 Å². The molecule has 1 spiro atoms. The van der Waals surface area contributed by atoms with Gasteiger partial charge in [0.05, 0.1) is 29.2 Å². The third-order valence-electron chi connectivity index (χ3n) is 9.29. The predicted molar refractivity (Wildman–Crippen MR) is 165 cm³/mol. The lowest BCUT2D eigenvalue weighted by atomic mass is 9.66. The van der Waals surface area contributed by atoms with Crippen LogP contribution in [0.15, 0.2) is 55.6 Å². The minimum absolute atomic E-state index is 0.0689. The molecule has 2 bridgehead atoms. The molecule has 0 aliphatic carbocycles. The number of aliphatic hydroxyl groups is 1. The lowest BCUT2D eigenvalue weighted by molar-refractivity contribution is -0.150. The van der Waals surface area contributed by atoms with E-state index in [0.29, 0.717) is 26.1 Å². The second-order valence-corrected chi connectivity index (χ2v) is 15.3. The number of aliphatic hydroxyl groups excluding tert-OH is 1. The van der Waals surface area contributed by atoms with Crippen molar-refractivity contribution in [2.75, 3.05) is 19.7 Å². The van der Waals surface area contributed by atoms with Crippen LogP contribution in [0, 0.1) is 17.8 Å². The Morgan fingerprint density at radius 3 is 2.29 bits per heavy atom. The Labute approximate surface area is 250 Å². The molecule has 4 rings (SSSR count). The highest BCUT2D eigenvalue weighted by Crippen LogP contribution is 2.72. The number of hydrogen-bond acceptors (Lipinski definition) is 5. The molecular weight excluding hydrogens is 534 g/mol. The van der Waals surface area contributed by atoms with E-state index in [1.54, 1.807) is 38.6 Å². The number of hydrogen-bond donors (Lipinski definition) is 1. The standard InChI is InChI=1S/C33H47N3O4S/c1-9-18-34(20-23-14-12-11-13-15-23)28(38)25-26-29(39)36(24(21-37)22(3)4)27(33(26)17-16-32(25,8)41-33)30(40)35(19-10-2)31(5,6)7/h9-15,22,24-27,37H,1-2,16-21H2,3-8H3/t24-,25-,26-,27?,32+,33?/m0/s1. The van der Waals surface area contributed by atoms with Gasteiger partial charge in [-0.15, -0.1) is 24.9 Å². The summed E-state index contributed by atoms with van der Waals surface area (Å²) >= 11 is 1.67. The third-order valence-corrected chi connectivity index (χ3v) is 11.3. The summed E-state index contributed by atoms with van der Waals surface area (Å²) in [7, 11) is 0. The second kappa shape index (κ2) is 11.6. The molecule has 3 amide bonds. The van der Waals surface area contributed by atoms with Crippen molar-refractivity contribution in [3.8, 4) is 0 Å². The van der Waals surface area contributed by atoms with Crippen molar-refractivity contribution < 1.29 is 19.5 Å². The molecule has 8 heteroatoms. The van der Waals surface area contributed by atoms with E-state index in [2.05, 4.69) is 20.1 Å². The van der Waals surface area contributed by atoms with E-state index in [4.69, 9.17) is 0 Å². The van der Waals surface area contributed by atoms with Gasteiger partial charge >= 0.3 is 0 Å². The van der Waals surface area contributed by atoms with Crippen LogP contribution in [0.25, 0.3) is 0 Å². The maximum atomic E-state index is 14.6. The molecule has 224 valence electrons. The van der Waals surface area contributed by atoms with Crippen molar-refractivity contribution in [2.45, 2.75) is 88.0 Å². The van der Waals surface area contributed by atoms with Crippen LogP contribution >= 0.6 is 11.8 Å². The van der Waals surface area contributed by atoms with Gasteiger partial charge in [-0.2, -0.15) is 0 Å². The lowest BCUT2D eigenvalue weighted by Gasteiger charge is -2.44. The van der Waals surface area contributed by atoms with Gasteiger partial charge in [0.1, 0.15) is 6.04 Å². The van der Waals surface area contributed by atoms with E-state index >= 15 is 0 Å². The van der Waals surface area contributed by atoms with Crippen molar-refractivity contribution >= 4 is 29.5 Å². The van der Waals surface area contributed by atoms with Gasteiger partial charge in [-0.05, 0) is 52.0 Å².